The highest BCUT2D eigenvalue weighted by molar-refractivity contribution is 6.38. The SMILES string of the molecule is BC(B)(F)c1cccc([C@@H](C)OC(=O)Nc2c(C)noc2-c2ccc(-c3ccc(C4(C(=O)O)CC4)cc3)cc2)c1. The van der Waals surface area contributed by atoms with Crippen LogP contribution in [0.25, 0.3) is 22.5 Å². The number of aliphatic carboxylic acids is 1. The van der Waals surface area contributed by atoms with Crippen LogP contribution in [0.4, 0.5) is 14.9 Å². The maximum absolute atomic E-state index is 14.4. The third-order valence-electron chi connectivity index (χ3n) is 7.49. The zero-order chi connectivity index (χ0) is 28.7. The Hall–Kier alpha value is -4.33. The van der Waals surface area contributed by atoms with Gasteiger partial charge in [0.05, 0.1) is 10.9 Å². The van der Waals surface area contributed by atoms with E-state index in [2.05, 4.69) is 10.5 Å². The third kappa shape index (κ3) is 5.39. The molecule has 4 aromatic rings. The van der Waals surface area contributed by atoms with Crippen molar-refractivity contribution in [2.24, 2.45) is 0 Å². The van der Waals surface area contributed by atoms with Gasteiger partial charge in [-0.1, -0.05) is 78.0 Å². The zero-order valence-electron chi connectivity index (χ0n) is 22.8. The maximum Gasteiger partial charge on any atom is 0.412 e. The highest BCUT2D eigenvalue weighted by Crippen LogP contribution is 2.48. The number of carboxylic acids is 1. The lowest BCUT2D eigenvalue weighted by Crippen LogP contribution is -2.21. The van der Waals surface area contributed by atoms with Crippen molar-refractivity contribution in [1.29, 1.82) is 0 Å². The summed E-state index contributed by atoms with van der Waals surface area (Å²) in [5.74, 6) is -0.382. The number of carbonyl (C=O) groups is 2. The van der Waals surface area contributed by atoms with Crippen LogP contribution in [-0.4, -0.2) is 38.0 Å². The van der Waals surface area contributed by atoms with E-state index in [0.717, 1.165) is 16.7 Å². The van der Waals surface area contributed by atoms with E-state index < -0.39 is 29.0 Å². The van der Waals surface area contributed by atoms with Crippen molar-refractivity contribution in [3.05, 3.63) is 95.2 Å². The number of amides is 1. The van der Waals surface area contributed by atoms with Gasteiger partial charge in [-0.3, -0.25) is 14.5 Å². The molecule has 0 aliphatic heterocycles. The van der Waals surface area contributed by atoms with E-state index in [1.54, 1.807) is 38.1 Å². The molecule has 10 heteroatoms. The molecule has 1 aromatic heterocycles. The Morgan fingerprint density at radius 1 is 1.05 bits per heavy atom. The largest absolute Gasteiger partial charge is 0.481 e. The van der Waals surface area contributed by atoms with E-state index in [-0.39, 0.29) is 0 Å². The van der Waals surface area contributed by atoms with Gasteiger partial charge in [0.15, 0.2) is 5.76 Å². The quantitative estimate of drug-likeness (QED) is 0.303. The molecule has 7 nitrogen and oxygen atoms in total. The van der Waals surface area contributed by atoms with Crippen LogP contribution in [0.3, 0.4) is 0 Å². The molecule has 40 heavy (non-hydrogen) atoms. The summed E-state index contributed by atoms with van der Waals surface area (Å²) in [6.45, 7) is 3.45. The predicted octanol–water partition coefficient (Wildman–Crippen LogP) is 5.09. The van der Waals surface area contributed by atoms with Gasteiger partial charge in [0.25, 0.3) is 0 Å². The Bertz CT molecular complexity index is 1560. The van der Waals surface area contributed by atoms with Crippen LogP contribution in [0.1, 0.15) is 48.3 Å². The Morgan fingerprint density at radius 3 is 2.23 bits per heavy atom. The molecule has 1 fully saturated rings. The van der Waals surface area contributed by atoms with E-state index in [4.69, 9.17) is 9.26 Å². The molecule has 2 N–H and O–H groups in total. The Labute approximate surface area is 233 Å². The molecule has 5 rings (SSSR count). The van der Waals surface area contributed by atoms with Crippen molar-refractivity contribution >= 4 is 33.4 Å². The molecular weight excluding hydrogens is 509 g/mol. The van der Waals surface area contributed by atoms with Crippen LogP contribution in [0, 0.1) is 6.92 Å². The van der Waals surface area contributed by atoms with Crippen LogP contribution in [-0.2, 0) is 20.4 Å². The molecule has 1 saturated carbocycles. The molecule has 202 valence electrons. The number of aryl methyl sites for hydroxylation is 1. The summed E-state index contributed by atoms with van der Waals surface area (Å²) in [4.78, 5) is 24.4. The number of halogens is 1. The van der Waals surface area contributed by atoms with Gasteiger partial charge in [-0.05, 0) is 54.5 Å². The number of nitrogens with zero attached hydrogens (tertiary/aromatic N) is 1. The number of ether oxygens (including phenoxy) is 1. The van der Waals surface area contributed by atoms with Gasteiger partial charge in [-0.25, -0.2) is 4.79 Å². The number of hydrogen-bond acceptors (Lipinski definition) is 5. The molecule has 0 bridgehead atoms. The molecule has 1 atom stereocenters. The fourth-order valence-electron chi connectivity index (χ4n) is 4.78. The third-order valence-corrected chi connectivity index (χ3v) is 7.49. The molecule has 1 aliphatic rings. The number of rotatable bonds is 8. The summed E-state index contributed by atoms with van der Waals surface area (Å²) >= 11 is 0. The minimum Gasteiger partial charge on any atom is -0.481 e. The van der Waals surface area contributed by atoms with Gasteiger partial charge in [-0.2, -0.15) is 0 Å². The lowest BCUT2D eigenvalue weighted by Gasteiger charge is -2.19. The number of aromatic nitrogens is 1. The Kier molecular flexibility index (Phi) is 7.04. The van der Waals surface area contributed by atoms with E-state index in [9.17, 15) is 19.1 Å². The Morgan fingerprint density at radius 2 is 1.65 bits per heavy atom. The number of hydrogen-bond donors (Lipinski definition) is 2. The normalized spacial score (nSPS) is 14.8. The molecule has 0 saturated heterocycles. The number of carboxylic acid groups (broad SMARTS) is 1. The second kappa shape index (κ2) is 10.3. The van der Waals surface area contributed by atoms with Gasteiger partial charge < -0.3 is 14.4 Å². The van der Waals surface area contributed by atoms with E-state index in [1.807, 2.05) is 48.5 Å². The van der Waals surface area contributed by atoms with Gasteiger partial charge >= 0.3 is 12.1 Å². The van der Waals surface area contributed by atoms with Gasteiger partial charge in [-0.15, -0.1) is 0 Å². The van der Waals surface area contributed by atoms with E-state index in [1.165, 1.54) is 15.7 Å². The first-order valence-electron chi connectivity index (χ1n) is 13.2. The van der Waals surface area contributed by atoms with Gasteiger partial charge in [0.1, 0.15) is 33.2 Å². The summed E-state index contributed by atoms with van der Waals surface area (Å²) in [5.41, 5.74) is 3.29. The summed E-state index contributed by atoms with van der Waals surface area (Å²) in [6.07, 6.45) is 0.0411. The minimum atomic E-state index is -1.51. The van der Waals surface area contributed by atoms with Crippen molar-refractivity contribution in [2.75, 3.05) is 5.32 Å². The lowest BCUT2D eigenvalue weighted by molar-refractivity contribution is -0.140. The van der Waals surface area contributed by atoms with Crippen LogP contribution in [0.2, 0.25) is 0 Å². The van der Waals surface area contributed by atoms with Crippen LogP contribution < -0.4 is 5.32 Å². The second-order valence-electron chi connectivity index (χ2n) is 10.8. The fraction of sp³-hybridized carbons (Fsp3) is 0.233. The second-order valence-corrected chi connectivity index (χ2v) is 10.8. The first kappa shape index (κ1) is 27.2. The number of alkyl halides is 1. The average molecular weight is 538 g/mol. The first-order valence-corrected chi connectivity index (χ1v) is 13.2. The molecule has 1 heterocycles. The zero-order valence-corrected chi connectivity index (χ0v) is 22.8. The predicted molar refractivity (Wildman–Crippen MR) is 155 cm³/mol. The monoisotopic (exact) mass is 538 g/mol. The van der Waals surface area contributed by atoms with Gasteiger partial charge in [0, 0.05) is 5.56 Å². The van der Waals surface area contributed by atoms with Crippen molar-refractivity contribution in [3.8, 4) is 22.5 Å². The fourth-order valence-corrected chi connectivity index (χ4v) is 4.78. The summed E-state index contributed by atoms with van der Waals surface area (Å²) in [6, 6.07) is 22.1. The minimum absolute atomic E-state index is 0.391. The summed E-state index contributed by atoms with van der Waals surface area (Å²) < 4.78 is 25.5. The molecule has 1 aliphatic carbocycles. The van der Waals surface area contributed by atoms with Gasteiger partial charge in [0.2, 0.25) is 0 Å². The topological polar surface area (TPSA) is 102 Å². The standard InChI is InChI=1S/C30H29B2FN2O5/c1-17-25(34-28(38)39-18(2)22-4-3-5-24(16-22)30(31,32)33)26(40-35-17)21-8-6-19(7-9-21)20-10-12-23(13-11-20)29(14-15-29)27(36)37/h3-13,16,18H,14-15,31-32H2,1-2H3,(H,34,38)(H,36,37)/t18-/m1/s1. The smallest absolute Gasteiger partial charge is 0.412 e. The van der Waals surface area contributed by atoms with E-state index >= 15 is 0 Å². The van der Waals surface area contributed by atoms with Crippen molar-refractivity contribution in [1.82, 2.24) is 5.16 Å². The maximum atomic E-state index is 14.4. The lowest BCUT2D eigenvalue weighted by atomic mass is 9.63. The molecule has 1 amide bonds. The van der Waals surface area contributed by atoms with Crippen molar-refractivity contribution < 1.29 is 28.3 Å². The van der Waals surface area contributed by atoms with Crippen molar-refractivity contribution in [3.63, 3.8) is 0 Å². The van der Waals surface area contributed by atoms with Crippen molar-refractivity contribution in [2.45, 2.75) is 43.7 Å². The number of carbonyl (C=O) groups excluding carboxylic acids is 1. The molecule has 3 aromatic carbocycles. The van der Waals surface area contributed by atoms with Crippen LogP contribution in [0.5, 0.6) is 0 Å². The molecule has 0 spiro atoms. The van der Waals surface area contributed by atoms with Crippen LogP contribution >= 0.6 is 0 Å². The molecule has 0 unspecified atom stereocenters. The molecular formula is C30H29B2FN2O5. The molecule has 0 radical (unpaired) electrons. The Balaban J connectivity index is 1.29. The highest BCUT2D eigenvalue weighted by atomic mass is 19.1. The average Bonchev–Trinajstić information content (AvgIpc) is 3.68. The first-order chi connectivity index (χ1) is 19.0. The number of benzene rings is 3. The number of nitrogens with one attached hydrogen (secondary N) is 1. The highest BCUT2D eigenvalue weighted by Gasteiger charge is 2.51. The van der Waals surface area contributed by atoms with Crippen LogP contribution in [0.15, 0.2) is 77.3 Å². The van der Waals surface area contributed by atoms with E-state index in [0.29, 0.717) is 46.7 Å². The summed E-state index contributed by atoms with van der Waals surface area (Å²) in [5, 5.41) is 16.3. The number of anilines is 1. The summed E-state index contributed by atoms with van der Waals surface area (Å²) in [7, 11) is 2.96.